The van der Waals surface area contributed by atoms with Crippen LogP contribution < -0.4 is 10.2 Å². The van der Waals surface area contributed by atoms with Gasteiger partial charge in [-0.2, -0.15) is 13.2 Å². The van der Waals surface area contributed by atoms with Gasteiger partial charge in [-0.3, -0.25) is 4.79 Å². The van der Waals surface area contributed by atoms with Gasteiger partial charge in [0.25, 0.3) is 0 Å². The van der Waals surface area contributed by atoms with Gasteiger partial charge in [0, 0.05) is 23.6 Å². The Kier molecular flexibility index (Phi) is 4.53. The minimum absolute atomic E-state index is 0.337. The predicted octanol–water partition coefficient (Wildman–Crippen LogP) is 4.91. The van der Waals surface area contributed by atoms with Crippen LogP contribution in [-0.2, 0) is 17.4 Å². The van der Waals surface area contributed by atoms with Crippen molar-refractivity contribution in [2.24, 2.45) is 0 Å². The van der Waals surface area contributed by atoms with E-state index in [-0.39, 0.29) is 5.91 Å². The van der Waals surface area contributed by atoms with Crippen LogP contribution in [0.3, 0.4) is 0 Å². The van der Waals surface area contributed by atoms with Gasteiger partial charge in [0.1, 0.15) is 0 Å². The fourth-order valence-corrected chi connectivity index (χ4v) is 2.96. The van der Waals surface area contributed by atoms with E-state index in [0.29, 0.717) is 17.9 Å². The Bertz CT molecular complexity index is 815. The highest BCUT2D eigenvalue weighted by Crippen LogP contribution is 2.39. The van der Waals surface area contributed by atoms with Crippen molar-refractivity contribution in [1.82, 2.24) is 0 Å². The lowest BCUT2D eigenvalue weighted by Gasteiger charge is -2.32. The third-order valence-electron chi connectivity index (χ3n) is 4.14. The molecule has 1 aliphatic heterocycles. The largest absolute Gasteiger partial charge is 0.416 e. The lowest BCUT2D eigenvalue weighted by molar-refractivity contribution is -0.137. The number of amides is 1. The summed E-state index contributed by atoms with van der Waals surface area (Å²) in [7, 11) is 0. The van der Waals surface area contributed by atoms with Crippen LogP contribution >= 0.6 is 0 Å². The summed E-state index contributed by atoms with van der Waals surface area (Å²) in [4.78, 5) is 13.3. The second kappa shape index (κ2) is 6.63. The summed E-state index contributed by atoms with van der Waals surface area (Å²) in [6.45, 7) is 4.02. The van der Waals surface area contributed by atoms with Crippen molar-refractivity contribution in [2.45, 2.75) is 19.0 Å². The van der Waals surface area contributed by atoms with Crippen LogP contribution in [0, 0.1) is 0 Å². The molecule has 3 nitrogen and oxygen atoms in total. The number of anilines is 3. The molecule has 2 aromatic rings. The summed E-state index contributed by atoms with van der Waals surface area (Å²) < 4.78 is 39.2. The standard InChI is InChI=1S/C19H17F3N2O/c1-2-18(25)23-15-6-3-7-16(12-15)24-10-4-5-13-8-9-14(11-17(13)24)19(20,21)22/h2-3,6-9,11-12H,1,4-5,10H2,(H,23,25). The first-order chi connectivity index (χ1) is 11.9. The van der Waals surface area contributed by atoms with E-state index in [4.69, 9.17) is 0 Å². The van der Waals surface area contributed by atoms with Crippen molar-refractivity contribution < 1.29 is 18.0 Å². The Morgan fingerprint density at radius 2 is 2.00 bits per heavy atom. The van der Waals surface area contributed by atoms with Crippen molar-refractivity contribution in [3.05, 3.63) is 66.2 Å². The van der Waals surface area contributed by atoms with E-state index in [1.807, 2.05) is 11.0 Å². The number of halogens is 3. The fourth-order valence-electron chi connectivity index (χ4n) is 2.96. The summed E-state index contributed by atoms with van der Waals surface area (Å²) in [5.41, 5.74) is 2.10. The summed E-state index contributed by atoms with van der Waals surface area (Å²) in [5.74, 6) is -0.337. The molecule has 0 saturated carbocycles. The molecule has 0 bridgehead atoms. The highest BCUT2D eigenvalue weighted by molar-refractivity contribution is 5.99. The molecule has 0 fully saturated rings. The highest BCUT2D eigenvalue weighted by atomic mass is 19.4. The maximum atomic E-state index is 13.1. The molecule has 130 valence electrons. The highest BCUT2D eigenvalue weighted by Gasteiger charge is 2.32. The summed E-state index contributed by atoms with van der Waals surface area (Å²) >= 11 is 0. The Morgan fingerprint density at radius 1 is 1.20 bits per heavy atom. The van der Waals surface area contributed by atoms with Crippen LogP contribution in [0.4, 0.5) is 30.2 Å². The van der Waals surface area contributed by atoms with Crippen LogP contribution in [0.25, 0.3) is 0 Å². The number of alkyl halides is 3. The second-order valence-corrected chi connectivity index (χ2v) is 5.84. The quantitative estimate of drug-likeness (QED) is 0.801. The second-order valence-electron chi connectivity index (χ2n) is 5.84. The Hall–Kier alpha value is -2.76. The average Bonchev–Trinajstić information content (AvgIpc) is 2.60. The third kappa shape index (κ3) is 3.68. The molecule has 1 heterocycles. The number of nitrogens with one attached hydrogen (secondary N) is 1. The van der Waals surface area contributed by atoms with Gasteiger partial charge in [0.05, 0.1) is 5.56 Å². The van der Waals surface area contributed by atoms with Crippen molar-refractivity contribution in [3.63, 3.8) is 0 Å². The molecule has 0 spiro atoms. The van der Waals surface area contributed by atoms with Gasteiger partial charge in [-0.15, -0.1) is 0 Å². The number of fused-ring (bicyclic) bond motifs is 1. The van der Waals surface area contributed by atoms with Gasteiger partial charge < -0.3 is 10.2 Å². The SMILES string of the molecule is C=CC(=O)Nc1cccc(N2CCCc3ccc(C(F)(F)F)cc32)c1. The molecule has 0 atom stereocenters. The van der Waals surface area contributed by atoms with Crippen LogP contribution in [0.15, 0.2) is 55.1 Å². The van der Waals surface area contributed by atoms with Gasteiger partial charge in [-0.1, -0.05) is 18.7 Å². The number of aryl methyl sites for hydroxylation is 1. The van der Waals surface area contributed by atoms with Crippen LogP contribution in [0.1, 0.15) is 17.5 Å². The molecule has 1 N–H and O–H groups in total. The van der Waals surface area contributed by atoms with Gasteiger partial charge in [0.2, 0.25) is 5.91 Å². The van der Waals surface area contributed by atoms with E-state index in [1.165, 1.54) is 12.1 Å². The zero-order valence-corrected chi connectivity index (χ0v) is 13.4. The zero-order valence-electron chi connectivity index (χ0n) is 13.4. The lowest BCUT2D eigenvalue weighted by Crippen LogP contribution is -2.25. The molecule has 0 radical (unpaired) electrons. The predicted molar refractivity (Wildman–Crippen MR) is 92.0 cm³/mol. The Labute approximate surface area is 143 Å². The van der Waals surface area contributed by atoms with E-state index in [2.05, 4.69) is 11.9 Å². The van der Waals surface area contributed by atoms with Gasteiger partial charge in [-0.05, 0) is 54.8 Å². The Balaban J connectivity index is 1.99. The molecule has 2 aromatic carbocycles. The number of carbonyl (C=O) groups is 1. The van der Waals surface area contributed by atoms with Crippen LogP contribution in [0.2, 0.25) is 0 Å². The van der Waals surface area contributed by atoms with Gasteiger partial charge in [-0.25, -0.2) is 0 Å². The average molecular weight is 346 g/mol. The number of rotatable bonds is 3. The van der Waals surface area contributed by atoms with Crippen LogP contribution in [-0.4, -0.2) is 12.5 Å². The molecular formula is C19H17F3N2O. The maximum Gasteiger partial charge on any atom is 0.416 e. The molecule has 3 rings (SSSR count). The molecule has 6 heteroatoms. The minimum Gasteiger partial charge on any atom is -0.341 e. The first-order valence-corrected chi connectivity index (χ1v) is 7.89. The third-order valence-corrected chi connectivity index (χ3v) is 4.14. The van der Waals surface area contributed by atoms with Crippen molar-refractivity contribution in [1.29, 1.82) is 0 Å². The normalized spacial score (nSPS) is 14.0. The van der Waals surface area contributed by atoms with E-state index < -0.39 is 11.7 Å². The minimum atomic E-state index is -4.38. The van der Waals surface area contributed by atoms with Gasteiger partial charge >= 0.3 is 6.18 Å². The van der Waals surface area contributed by atoms with E-state index in [1.54, 1.807) is 24.3 Å². The molecule has 0 saturated heterocycles. The fraction of sp³-hybridized carbons (Fsp3) is 0.211. The zero-order chi connectivity index (χ0) is 18.0. The number of hydrogen-bond acceptors (Lipinski definition) is 2. The first-order valence-electron chi connectivity index (χ1n) is 7.89. The van der Waals surface area contributed by atoms with Crippen LogP contribution in [0.5, 0.6) is 0 Å². The molecule has 1 amide bonds. The monoisotopic (exact) mass is 346 g/mol. The smallest absolute Gasteiger partial charge is 0.341 e. The number of benzene rings is 2. The number of carbonyl (C=O) groups excluding carboxylic acids is 1. The molecule has 0 aromatic heterocycles. The molecule has 1 aliphatic rings. The van der Waals surface area contributed by atoms with E-state index >= 15 is 0 Å². The van der Waals surface area contributed by atoms with Gasteiger partial charge in [0.15, 0.2) is 0 Å². The van der Waals surface area contributed by atoms with Crippen molar-refractivity contribution in [2.75, 3.05) is 16.8 Å². The molecule has 25 heavy (non-hydrogen) atoms. The Morgan fingerprint density at radius 3 is 2.72 bits per heavy atom. The van der Waals surface area contributed by atoms with E-state index in [9.17, 15) is 18.0 Å². The molecule has 0 aliphatic carbocycles. The molecule has 0 unspecified atom stereocenters. The summed E-state index contributed by atoms with van der Waals surface area (Å²) in [6, 6.07) is 10.9. The first kappa shape index (κ1) is 17.1. The molecular weight excluding hydrogens is 329 g/mol. The number of nitrogens with zero attached hydrogens (tertiary/aromatic N) is 1. The topological polar surface area (TPSA) is 32.3 Å². The number of hydrogen-bond donors (Lipinski definition) is 1. The van der Waals surface area contributed by atoms with E-state index in [0.717, 1.165) is 30.2 Å². The lowest BCUT2D eigenvalue weighted by atomic mass is 9.98. The van der Waals surface area contributed by atoms with Crippen molar-refractivity contribution >= 4 is 23.0 Å². The summed E-state index contributed by atoms with van der Waals surface area (Å²) in [6.07, 6.45) is -1.62. The summed E-state index contributed by atoms with van der Waals surface area (Å²) in [5, 5.41) is 2.67. The maximum absolute atomic E-state index is 13.1. The van der Waals surface area contributed by atoms with Crippen molar-refractivity contribution in [3.8, 4) is 0 Å².